The lowest BCUT2D eigenvalue weighted by Crippen LogP contribution is -2.25. The number of sulfonamides is 1. The van der Waals surface area contributed by atoms with Gasteiger partial charge in [0, 0.05) is 29.7 Å². The van der Waals surface area contributed by atoms with Crippen molar-refractivity contribution in [3.63, 3.8) is 0 Å². The van der Waals surface area contributed by atoms with Gasteiger partial charge in [-0.25, -0.2) is 8.42 Å². The van der Waals surface area contributed by atoms with Gasteiger partial charge in [-0.05, 0) is 30.2 Å². The normalized spacial score (nSPS) is 19.0. The van der Waals surface area contributed by atoms with E-state index in [4.69, 9.17) is 11.6 Å². The Bertz CT molecular complexity index is 731. The van der Waals surface area contributed by atoms with Crippen LogP contribution < -0.4 is 0 Å². The molecule has 0 spiro atoms. The van der Waals surface area contributed by atoms with Crippen LogP contribution >= 0.6 is 11.6 Å². The second kappa shape index (κ2) is 4.74. The fourth-order valence-corrected chi connectivity index (χ4v) is 4.09. The highest BCUT2D eigenvalue weighted by Gasteiger charge is 2.28. The van der Waals surface area contributed by atoms with Gasteiger partial charge in [0.25, 0.3) is 0 Å². The molecular formula is C13H13ClN2O2S. The number of hydrogen-bond acceptors (Lipinski definition) is 3. The van der Waals surface area contributed by atoms with Crippen molar-refractivity contribution in [1.29, 1.82) is 0 Å². The Balaban J connectivity index is 2.05. The van der Waals surface area contributed by atoms with Gasteiger partial charge in [0.1, 0.15) is 0 Å². The first-order valence-electron chi connectivity index (χ1n) is 6.08. The van der Waals surface area contributed by atoms with Crippen molar-refractivity contribution in [2.45, 2.75) is 13.0 Å². The summed E-state index contributed by atoms with van der Waals surface area (Å²) in [6, 6.07) is 7.37. The van der Waals surface area contributed by atoms with Crippen LogP contribution in [0.3, 0.4) is 0 Å². The first-order valence-corrected chi connectivity index (χ1v) is 8.06. The zero-order chi connectivity index (χ0) is 13.5. The third-order valence-corrected chi connectivity index (χ3v) is 5.58. The van der Waals surface area contributed by atoms with Crippen LogP contribution in [0.2, 0.25) is 5.02 Å². The quantitative estimate of drug-likeness (QED) is 0.855. The van der Waals surface area contributed by atoms with Gasteiger partial charge in [0.05, 0.1) is 11.3 Å². The molecule has 1 aromatic heterocycles. The molecule has 1 saturated heterocycles. The van der Waals surface area contributed by atoms with Crippen molar-refractivity contribution in [1.82, 2.24) is 9.29 Å². The Morgan fingerprint density at radius 1 is 1.32 bits per heavy atom. The Kier molecular flexibility index (Phi) is 3.20. The summed E-state index contributed by atoms with van der Waals surface area (Å²) in [5.74, 6) is 0.242. The molecule has 0 amide bonds. The van der Waals surface area contributed by atoms with Gasteiger partial charge < -0.3 is 0 Å². The minimum absolute atomic E-state index is 0.242. The van der Waals surface area contributed by atoms with Crippen molar-refractivity contribution in [2.75, 3.05) is 12.3 Å². The summed E-state index contributed by atoms with van der Waals surface area (Å²) in [4.78, 5) is 4.33. The first kappa shape index (κ1) is 12.8. The summed E-state index contributed by atoms with van der Waals surface area (Å²) in [5, 5.41) is 1.49. The molecule has 2 aromatic rings. The Labute approximate surface area is 117 Å². The number of fused-ring (bicyclic) bond motifs is 1. The van der Waals surface area contributed by atoms with E-state index in [-0.39, 0.29) is 5.75 Å². The molecule has 19 heavy (non-hydrogen) atoms. The minimum atomic E-state index is -3.09. The number of benzene rings is 1. The molecule has 4 nitrogen and oxygen atoms in total. The maximum Gasteiger partial charge on any atom is 0.214 e. The fourth-order valence-electron chi connectivity index (χ4n) is 2.38. The van der Waals surface area contributed by atoms with Crippen LogP contribution in [0.1, 0.15) is 12.0 Å². The molecule has 100 valence electrons. The Morgan fingerprint density at radius 2 is 2.16 bits per heavy atom. The average molecular weight is 297 g/mol. The van der Waals surface area contributed by atoms with E-state index < -0.39 is 10.0 Å². The van der Waals surface area contributed by atoms with Crippen LogP contribution in [0, 0.1) is 0 Å². The molecule has 0 aliphatic carbocycles. The lowest BCUT2D eigenvalue weighted by atomic mass is 10.1. The summed E-state index contributed by atoms with van der Waals surface area (Å²) in [6.45, 7) is 0.951. The molecule has 0 unspecified atom stereocenters. The summed E-state index contributed by atoms with van der Waals surface area (Å²) >= 11 is 6.13. The zero-order valence-corrected chi connectivity index (χ0v) is 11.8. The average Bonchev–Trinajstić information content (AvgIpc) is 2.72. The molecule has 6 heteroatoms. The van der Waals surface area contributed by atoms with E-state index in [1.165, 1.54) is 4.31 Å². The number of halogens is 1. The van der Waals surface area contributed by atoms with Crippen LogP contribution in [0.15, 0.2) is 30.5 Å². The lowest BCUT2D eigenvalue weighted by Gasteiger charge is -2.15. The van der Waals surface area contributed by atoms with Crippen molar-refractivity contribution in [2.24, 2.45) is 0 Å². The smallest absolute Gasteiger partial charge is 0.214 e. The number of nitrogens with zero attached hydrogens (tertiary/aromatic N) is 2. The molecule has 1 aliphatic heterocycles. The van der Waals surface area contributed by atoms with Gasteiger partial charge in [-0.15, -0.1) is 0 Å². The molecule has 1 aliphatic rings. The van der Waals surface area contributed by atoms with Crippen LogP contribution in [0.4, 0.5) is 0 Å². The predicted octanol–water partition coefficient (Wildman–Crippen LogP) is 2.42. The van der Waals surface area contributed by atoms with Crippen molar-refractivity contribution >= 4 is 32.5 Å². The molecule has 0 bridgehead atoms. The minimum Gasteiger partial charge on any atom is -0.256 e. The standard InChI is InChI=1S/C13H13ClN2O2S/c14-12-5-4-10(13-11(12)3-1-6-15-13)9-16-7-2-8-19(16,17)18/h1,3-6H,2,7-9H2. The van der Waals surface area contributed by atoms with Gasteiger partial charge in [0.2, 0.25) is 10.0 Å². The largest absolute Gasteiger partial charge is 0.256 e. The van der Waals surface area contributed by atoms with Gasteiger partial charge in [0.15, 0.2) is 0 Å². The molecule has 2 heterocycles. The van der Waals surface area contributed by atoms with Crippen LogP contribution in [-0.2, 0) is 16.6 Å². The fraction of sp³-hybridized carbons (Fsp3) is 0.308. The lowest BCUT2D eigenvalue weighted by molar-refractivity contribution is 0.441. The van der Waals surface area contributed by atoms with E-state index in [9.17, 15) is 8.42 Å². The Morgan fingerprint density at radius 3 is 2.89 bits per heavy atom. The van der Waals surface area contributed by atoms with Gasteiger partial charge >= 0.3 is 0 Å². The van der Waals surface area contributed by atoms with Crippen LogP contribution in [0.5, 0.6) is 0 Å². The van der Waals surface area contributed by atoms with Gasteiger partial charge in [-0.1, -0.05) is 17.7 Å². The Hall–Kier alpha value is -1.17. The topological polar surface area (TPSA) is 50.3 Å². The van der Waals surface area contributed by atoms with E-state index in [1.54, 1.807) is 12.3 Å². The van der Waals surface area contributed by atoms with Crippen LogP contribution in [-0.4, -0.2) is 30.0 Å². The van der Waals surface area contributed by atoms with Crippen molar-refractivity contribution in [3.05, 3.63) is 41.0 Å². The summed E-state index contributed by atoms with van der Waals surface area (Å²) in [7, 11) is -3.09. The maximum absolute atomic E-state index is 11.8. The first-order chi connectivity index (χ1) is 9.08. The maximum atomic E-state index is 11.8. The van der Waals surface area contributed by atoms with E-state index in [0.29, 0.717) is 24.5 Å². The highest BCUT2D eigenvalue weighted by Crippen LogP contribution is 2.27. The van der Waals surface area contributed by atoms with Gasteiger partial charge in [-0.3, -0.25) is 4.98 Å². The van der Waals surface area contributed by atoms with E-state index >= 15 is 0 Å². The molecule has 1 fully saturated rings. The molecular weight excluding hydrogens is 284 g/mol. The molecule has 0 atom stereocenters. The number of pyridine rings is 1. The molecule has 0 N–H and O–H groups in total. The third kappa shape index (κ3) is 2.33. The highest BCUT2D eigenvalue weighted by molar-refractivity contribution is 7.89. The second-order valence-electron chi connectivity index (χ2n) is 4.61. The third-order valence-electron chi connectivity index (χ3n) is 3.35. The van der Waals surface area contributed by atoms with E-state index in [2.05, 4.69) is 4.98 Å². The summed E-state index contributed by atoms with van der Waals surface area (Å²) in [5.41, 5.74) is 1.67. The summed E-state index contributed by atoms with van der Waals surface area (Å²) < 4.78 is 25.2. The van der Waals surface area contributed by atoms with Crippen molar-refractivity contribution in [3.8, 4) is 0 Å². The molecule has 1 aromatic carbocycles. The number of hydrogen-bond donors (Lipinski definition) is 0. The molecule has 3 rings (SSSR count). The van der Waals surface area contributed by atoms with E-state index in [0.717, 1.165) is 16.5 Å². The van der Waals surface area contributed by atoms with Crippen LogP contribution in [0.25, 0.3) is 10.9 Å². The van der Waals surface area contributed by atoms with Crippen molar-refractivity contribution < 1.29 is 8.42 Å². The molecule has 0 radical (unpaired) electrons. The highest BCUT2D eigenvalue weighted by atomic mass is 35.5. The van der Waals surface area contributed by atoms with Gasteiger partial charge in [-0.2, -0.15) is 4.31 Å². The second-order valence-corrected chi connectivity index (χ2v) is 7.10. The molecule has 0 saturated carbocycles. The number of rotatable bonds is 2. The zero-order valence-electron chi connectivity index (χ0n) is 10.2. The monoisotopic (exact) mass is 296 g/mol. The SMILES string of the molecule is O=S1(=O)CCCN1Cc1ccc(Cl)c2cccnc12. The van der Waals surface area contributed by atoms with E-state index in [1.807, 2.05) is 18.2 Å². The summed E-state index contributed by atoms with van der Waals surface area (Å²) in [6.07, 6.45) is 2.39. The number of aromatic nitrogens is 1. The predicted molar refractivity (Wildman–Crippen MR) is 75.6 cm³/mol.